The fourth-order valence-electron chi connectivity index (χ4n) is 0.584. The molecule has 12 heavy (non-hydrogen) atoms. The number of thiazole rings is 1. The van der Waals surface area contributed by atoms with Crippen LogP contribution in [0.2, 0.25) is 0 Å². The molecule has 0 spiro atoms. The van der Waals surface area contributed by atoms with Crippen LogP contribution in [-0.2, 0) is 4.84 Å². The lowest BCUT2D eigenvalue weighted by Crippen LogP contribution is -1.96. The Labute approximate surface area is 75.4 Å². The minimum atomic E-state index is 0.422. The lowest BCUT2D eigenvalue weighted by molar-refractivity contribution is 0.175. The van der Waals surface area contributed by atoms with Gasteiger partial charge < -0.3 is 4.84 Å². The Bertz CT molecular complexity index is 267. The van der Waals surface area contributed by atoms with E-state index in [2.05, 4.69) is 22.2 Å². The second-order valence-corrected chi connectivity index (χ2v) is 2.74. The quantitative estimate of drug-likeness (QED) is 0.307. The molecule has 0 saturated carbocycles. The van der Waals surface area contributed by atoms with Gasteiger partial charge in [0.15, 0.2) is 5.51 Å². The number of oxime groups is 1. The van der Waals surface area contributed by atoms with Crippen LogP contribution in [0.1, 0.15) is 12.6 Å². The normalized spacial score (nSPS) is 11.2. The van der Waals surface area contributed by atoms with Gasteiger partial charge in [0.1, 0.15) is 12.3 Å². The van der Waals surface area contributed by atoms with Crippen LogP contribution in [0, 0.1) is 5.51 Å². The van der Waals surface area contributed by atoms with Crippen molar-refractivity contribution in [1.29, 1.82) is 0 Å². The van der Waals surface area contributed by atoms with Crippen LogP contribution >= 0.6 is 11.3 Å². The molecule has 4 heteroatoms. The second kappa shape index (κ2) is 4.66. The molecular weight excluding hydrogens is 172 g/mol. The predicted octanol–water partition coefficient (Wildman–Crippen LogP) is 1.87. The highest BCUT2D eigenvalue weighted by atomic mass is 32.1. The van der Waals surface area contributed by atoms with Crippen LogP contribution < -0.4 is 0 Å². The van der Waals surface area contributed by atoms with E-state index < -0.39 is 0 Å². The van der Waals surface area contributed by atoms with E-state index in [-0.39, 0.29) is 0 Å². The Kier molecular flexibility index (Phi) is 3.47. The van der Waals surface area contributed by atoms with Gasteiger partial charge in [-0.05, 0) is 6.92 Å². The fourth-order valence-corrected chi connectivity index (χ4v) is 1.12. The summed E-state index contributed by atoms with van der Waals surface area (Å²) < 4.78 is 0. The maximum atomic E-state index is 4.89. The van der Waals surface area contributed by atoms with E-state index in [0.29, 0.717) is 6.61 Å². The van der Waals surface area contributed by atoms with Gasteiger partial charge in [-0.2, -0.15) is 0 Å². The van der Waals surface area contributed by atoms with Gasteiger partial charge in [0.2, 0.25) is 0 Å². The molecule has 0 aliphatic heterocycles. The number of nitrogens with zero attached hydrogens (tertiary/aromatic N) is 2. The summed E-state index contributed by atoms with van der Waals surface area (Å²) in [7, 11) is 0. The van der Waals surface area contributed by atoms with Gasteiger partial charge in [0.25, 0.3) is 0 Å². The van der Waals surface area contributed by atoms with Crippen molar-refractivity contribution in [3.63, 3.8) is 0 Å². The average molecular weight is 181 g/mol. The van der Waals surface area contributed by atoms with E-state index in [0.717, 1.165) is 11.4 Å². The van der Waals surface area contributed by atoms with Crippen LogP contribution in [0.3, 0.4) is 0 Å². The third kappa shape index (κ3) is 2.47. The van der Waals surface area contributed by atoms with Crippen molar-refractivity contribution in [2.75, 3.05) is 6.61 Å². The molecule has 0 saturated heterocycles. The standard InChI is InChI=1S/C8H9N2OS/c1-3-4-11-10-7(2)8-5-12-6-9-8/h3,5H,1,4H2,2H3/b10-7+. The van der Waals surface area contributed by atoms with Gasteiger partial charge in [0, 0.05) is 5.38 Å². The molecule has 1 aromatic rings. The van der Waals surface area contributed by atoms with E-state index in [1.807, 2.05) is 12.3 Å². The lowest BCUT2D eigenvalue weighted by Gasteiger charge is -1.95. The molecule has 1 rings (SSSR count). The molecule has 0 aromatic carbocycles. The minimum Gasteiger partial charge on any atom is -0.391 e. The molecule has 0 atom stereocenters. The molecule has 1 radical (unpaired) electrons. The summed E-state index contributed by atoms with van der Waals surface area (Å²) in [4.78, 5) is 8.84. The Morgan fingerprint density at radius 2 is 2.83 bits per heavy atom. The van der Waals surface area contributed by atoms with Gasteiger partial charge in [0.05, 0.1) is 5.69 Å². The van der Waals surface area contributed by atoms with Gasteiger partial charge in [-0.1, -0.05) is 17.8 Å². The zero-order valence-corrected chi connectivity index (χ0v) is 7.60. The maximum absolute atomic E-state index is 4.89. The van der Waals surface area contributed by atoms with Crippen LogP contribution in [0.25, 0.3) is 0 Å². The molecule has 1 heterocycles. The van der Waals surface area contributed by atoms with Crippen LogP contribution in [0.5, 0.6) is 0 Å². The van der Waals surface area contributed by atoms with E-state index in [1.165, 1.54) is 11.3 Å². The SMILES string of the molecule is C=CCO/N=C(\C)c1cs[c]n1. The smallest absolute Gasteiger partial charge is 0.152 e. The first-order valence-electron chi connectivity index (χ1n) is 3.44. The Hall–Kier alpha value is -1.16. The average Bonchev–Trinajstić information content (AvgIpc) is 2.56. The number of hydrogen-bond acceptors (Lipinski definition) is 4. The molecule has 1 aromatic heterocycles. The molecule has 0 aliphatic carbocycles. The lowest BCUT2D eigenvalue weighted by atomic mass is 10.3. The summed E-state index contributed by atoms with van der Waals surface area (Å²) in [6, 6.07) is 0. The molecule has 0 amide bonds. The summed E-state index contributed by atoms with van der Waals surface area (Å²) in [5.41, 5.74) is 4.30. The van der Waals surface area contributed by atoms with Crippen LogP contribution in [-0.4, -0.2) is 17.3 Å². The number of hydrogen-bond donors (Lipinski definition) is 0. The fraction of sp³-hybridized carbons (Fsp3) is 0.250. The summed E-state index contributed by atoms with van der Waals surface area (Å²) in [5.74, 6) is 0. The van der Waals surface area contributed by atoms with Gasteiger partial charge in [-0.25, -0.2) is 4.98 Å². The monoisotopic (exact) mass is 181 g/mol. The van der Waals surface area contributed by atoms with E-state index in [4.69, 9.17) is 4.84 Å². The molecular formula is C8H9N2OS. The third-order valence-electron chi connectivity index (χ3n) is 1.15. The first-order chi connectivity index (χ1) is 5.84. The molecule has 0 fully saturated rings. The van der Waals surface area contributed by atoms with E-state index >= 15 is 0 Å². The zero-order chi connectivity index (χ0) is 8.81. The van der Waals surface area contributed by atoms with Crippen molar-refractivity contribution >= 4 is 17.0 Å². The third-order valence-corrected chi connectivity index (χ3v) is 1.69. The van der Waals surface area contributed by atoms with Crippen molar-refractivity contribution in [1.82, 2.24) is 4.98 Å². The Balaban J connectivity index is 2.52. The maximum Gasteiger partial charge on any atom is 0.152 e. The van der Waals surface area contributed by atoms with E-state index in [9.17, 15) is 0 Å². The van der Waals surface area contributed by atoms with Gasteiger partial charge >= 0.3 is 0 Å². The highest BCUT2D eigenvalue weighted by molar-refractivity contribution is 7.07. The summed E-state index contributed by atoms with van der Waals surface area (Å²) in [6.07, 6.45) is 1.64. The van der Waals surface area contributed by atoms with Crippen molar-refractivity contribution in [2.24, 2.45) is 5.16 Å². The Morgan fingerprint density at radius 3 is 3.42 bits per heavy atom. The first-order valence-corrected chi connectivity index (χ1v) is 4.32. The predicted molar refractivity (Wildman–Crippen MR) is 49.3 cm³/mol. The van der Waals surface area contributed by atoms with Crippen molar-refractivity contribution < 1.29 is 4.84 Å². The van der Waals surface area contributed by atoms with Gasteiger partial charge in [-0.15, -0.1) is 11.3 Å². The summed E-state index contributed by atoms with van der Waals surface area (Å²) in [5, 5.41) is 5.70. The van der Waals surface area contributed by atoms with Crippen molar-refractivity contribution in [3.05, 3.63) is 29.2 Å². The second-order valence-electron chi connectivity index (χ2n) is 2.09. The number of rotatable bonds is 4. The molecule has 0 aliphatic rings. The summed E-state index contributed by atoms with van der Waals surface area (Å²) in [6.45, 7) is 5.77. The largest absolute Gasteiger partial charge is 0.391 e. The topological polar surface area (TPSA) is 34.5 Å². The minimum absolute atomic E-state index is 0.422. The van der Waals surface area contributed by atoms with Crippen LogP contribution in [0.4, 0.5) is 0 Å². The highest BCUT2D eigenvalue weighted by Gasteiger charge is 1.98. The number of aromatic nitrogens is 1. The molecule has 0 unspecified atom stereocenters. The van der Waals surface area contributed by atoms with Crippen molar-refractivity contribution in [3.8, 4) is 0 Å². The van der Waals surface area contributed by atoms with Gasteiger partial charge in [-0.3, -0.25) is 0 Å². The summed E-state index contributed by atoms with van der Waals surface area (Å²) >= 11 is 1.41. The highest BCUT2D eigenvalue weighted by Crippen LogP contribution is 2.01. The zero-order valence-electron chi connectivity index (χ0n) is 6.78. The molecule has 3 nitrogen and oxygen atoms in total. The van der Waals surface area contributed by atoms with E-state index in [1.54, 1.807) is 6.08 Å². The van der Waals surface area contributed by atoms with Crippen LogP contribution in [0.15, 0.2) is 23.2 Å². The molecule has 0 N–H and O–H groups in total. The first kappa shape index (κ1) is 8.93. The molecule has 63 valence electrons. The Morgan fingerprint density at radius 1 is 2.00 bits per heavy atom. The molecule has 0 bridgehead atoms. The van der Waals surface area contributed by atoms with Crippen molar-refractivity contribution in [2.45, 2.75) is 6.92 Å².